The van der Waals surface area contributed by atoms with Crippen LogP contribution < -0.4 is 10.3 Å². The molecule has 0 fully saturated rings. The lowest BCUT2D eigenvalue weighted by Gasteiger charge is -2.17. The summed E-state index contributed by atoms with van der Waals surface area (Å²) in [6.07, 6.45) is 1.07. The lowest BCUT2D eigenvalue weighted by Crippen LogP contribution is -2.26. The molecule has 6 nitrogen and oxygen atoms in total. The van der Waals surface area contributed by atoms with E-state index in [1.54, 1.807) is 71.6 Å². The van der Waals surface area contributed by atoms with E-state index < -0.39 is 6.67 Å². The van der Waals surface area contributed by atoms with Gasteiger partial charge < -0.3 is 5.11 Å². The van der Waals surface area contributed by atoms with Gasteiger partial charge in [-0.2, -0.15) is 5.10 Å². The minimum atomic E-state index is -0.441. The van der Waals surface area contributed by atoms with E-state index in [1.165, 1.54) is 0 Å². The number of hydrogen-bond donors (Lipinski definition) is 2. The van der Waals surface area contributed by atoms with E-state index in [1.807, 2.05) is 24.3 Å². The van der Waals surface area contributed by atoms with Crippen LogP contribution in [0.3, 0.4) is 0 Å². The van der Waals surface area contributed by atoms with Crippen molar-refractivity contribution in [3.05, 3.63) is 108 Å². The highest BCUT2D eigenvalue weighted by atomic mass is 19.1. The second kappa shape index (κ2) is 9.84. The molecule has 1 aliphatic rings. The lowest BCUT2D eigenvalue weighted by atomic mass is 10.0. The van der Waals surface area contributed by atoms with Gasteiger partial charge in [0, 0.05) is 28.8 Å². The fraction of sp³-hybridized carbons (Fsp3) is 0.0690. The number of halogens is 1. The first kappa shape index (κ1) is 23.0. The summed E-state index contributed by atoms with van der Waals surface area (Å²) in [5.74, 6) is -0.375. The van der Waals surface area contributed by atoms with E-state index in [0.717, 1.165) is 11.8 Å². The number of fused-ring (bicyclic) bond motifs is 1. The van der Waals surface area contributed by atoms with Crippen LogP contribution in [0, 0.1) is 0 Å². The summed E-state index contributed by atoms with van der Waals surface area (Å²) in [6.45, 7) is -0.441. The third-order valence-electron chi connectivity index (χ3n) is 6.04. The van der Waals surface area contributed by atoms with Gasteiger partial charge in [0.15, 0.2) is 5.71 Å². The highest BCUT2D eigenvalue weighted by Crippen LogP contribution is 2.38. The Bertz CT molecular complexity index is 1480. The minimum absolute atomic E-state index is 0.0519. The number of alkyl halides is 1. The lowest BCUT2D eigenvalue weighted by molar-refractivity contribution is -0.111. The zero-order chi connectivity index (χ0) is 25.1. The van der Waals surface area contributed by atoms with Crippen molar-refractivity contribution in [3.8, 4) is 16.9 Å². The van der Waals surface area contributed by atoms with Crippen molar-refractivity contribution in [2.24, 2.45) is 5.10 Å². The van der Waals surface area contributed by atoms with Crippen LogP contribution in [-0.4, -0.2) is 29.7 Å². The third kappa shape index (κ3) is 4.22. The molecular weight excluding hydrogens is 457 g/mol. The Morgan fingerprint density at radius 1 is 0.917 bits per heavy atom. The monoisotopic (exact) mass is 479 g/mol. The first-order chi connectivity index (χ1) is 17.6. The molecule has 0 aromatic heterocycles. The maximum Gasteiger partial charge on any atom is 0.283 e. The van der Waals surface area contributed by atoms with Crippen molar-refractivity contribution in [3.63, 3.8) is 0 Å². The number of benzene rings is 4. The Morgan fingerprint density at radius 3 is 2.44 bits per heavy atom. The third-order valence-corrected chi connectivity index (χ3v) is 6.04. The molecule has 0 atom stereocenters. The molecule has 0 saturated heterocycles. The SMILES string of the molecule is O=Cc1cccc(-c2cccc(N/N=C3\C(=O)N(c4ccc(CCF)cc4)c4ccccc43)c2O)c1. The second-order valence-corrected chi connectivity index (χ2v) is 8.28. The molecule has 4 aromatic rings. The summed E-state index contributed by atoms with van der Waals surface area (Å²) in [5.41, 5.74) is 7.90. The van der Waals surface area contributed by atoms with Crippen molar-refractivity contribution in [2.75, 3.05) is 17.0 Å². The topological polar surface area (TPSA) is 82.0 Å². The highest BCUT2D eigenvalue weighted by molar-refractivity contribution is 6.55. The maximum atomic E-state index is 13.4. The van der Waals surface area contributed by atoms with E-state index in [4.69, 9.17) is 0 Å². The van der Waals surface area contributed by atoms with Crippen LogP contribution >= 0.6 is 0 Å². The number of carbonyl (C=O) groups is 2. The number of aryl methyl sites for hydroxylation is 1. The molecule has 1 aliphatic heterocycles. The number of nitrogens with one attached hydrogen (secondary N) is 1. The van der Waals surface area contributed by atoms with Gasteiger partial charge in [-0.25, -0.2) is 0 Å². The Morgan fingerprint density at radius 2 is 1.67 bits per heavy atom. The van der Waals surface area contributed by atoms with Crippen LogP contribution in [0.15, 0.2) is 96.1 Å². The molecule has 0 saturated carbocycles. The van der Waals surface area contributed by atoms with Crippen LogP contribution in [0.1, 0.15) is 21.5 Å². The molecule has 0 unspecified atom stereocenters. The van der Waals surface area contributed by atoms with Gasteiger partial charge in [0.2, 0.25) is 0 Å². The van der Waals surface area contributed by atoms with Crippen LogP contribution in [0.2, 0.25) is 0 Å². The molecule has 0 spiro atoms. The molecule has 1 heterocycles. The van der Waals surface area contributed by atoms with Crippen LogP contribution in [0.25, 0.3) is 11.1 Å². The predicted octanol–water partition coefficient (Wildman–Crippen LogP) is 5.88. The Hall–Kier alpha value is -4.78. The molecule has 0 bridgehead atoms. The number of anilines is 3. The van der Waals surface area contributed by atoms with Gasteiger partial charge >= 0.3 is 0 Å². The molecule has 5 rings (SSSR count). The summed E-state index contributed by atoms with van der Waals surface area (Å²) in [4.78, 5) is 26.2. The number of rotatable bonds is 7. The fourth-order valence-corrected chi connectivity index (χ4v) is 4.25. The van der Waals surface area contributed by atoms with Crippen LogP contribution in [0.5, 0.6) is 5.75 Å². The van der Waals surface area contributed by atoms with Gasteiger partial charge in [0.05, 0.1) is 18.0 Å². The maximum absolute atomic E-state index is 13.4. The van der Waals surface area contributed by atoms with E-state index in [2.05, 4.69) is 10.5 Å². The molecule has 0 aliphatic carbocycles. The summed E-state index contributed by atoms with van der Waals surface area (Å²) < 4.78 is 12.7. The Labute approximate surface area is 207 Å². The Kier molecular flexibility index (Phi) is 6.28. The van der Waals surface area contributed by atoms with Crippen molar-refractivity contribution in [1.29, 1.82) is 0 Å². The molecule has 2 N–H and O–H groups in total. The fourth-order valence-electron chi connectivity index (χ4n) is 4.25. The molecule has 0 radical (unpaired) electrons. The summed E-state index contributed by atoms with van der Waals surface area (Å²) in [7, 11) is 0. The molecule has 178 valence electrons. The number of aldehydes is 1. The van der Waals surface area contributed by atoms with Gasteiger partial charge in [-0.3, -0.25) is 24.3 Å². The number of phenolic OH excluding ortho intramolecular Hbond substituents is 1. The zero-order valence-corrected chi connectivity index (χ0v) is 19.2. The van der Waals surface area contributed by atoms with E-state index in [0.29, 0.717) is 45.7 Å². The summed E-state index contributed by atoms with van der Waals surface area (Å²) in [6, 6.07) is 26.6. The largest absolute Gasteiger partial charge is 0.505 e. The predicted molar refractivity (Wildman–Crippen MR) is 139 cm³/mol. The van der Waals surface area contributed by atoms with Gasteiger partial charge in [0.1, 0.15) is 12.0 Å². The van der Waals surface area contributed by atoms with Crippen molar-refractivity contribution in [2.45, 2.75) is 6.42 Å². The van der Waals surface area contributed by atoms with Crippen molar-refractivity contribution in [1.82, 2.24) is 0 Å². The average Bonchev–Trinajstić information content (AvgIpc) is 3.19. The number of hydrazone groups is 1. The van der Waals surface area contributed by atoms with Crippen LogP contribution in [-0.2, 0) is 11.2 Å². The second-order valence-electron chi connectivity index (χ2n) is 8.28. The zero-order valence-electron chi connectivity index (χ0n) is 19.2. The summed E-state index contributed by atoms with van der Waals surface area (Å²) >= 11 is 0. The number of hydrogen-bond acceptors (Lipinski definition) is 5. The molecule has 7 heteroatoms. The normalized spacial score (nSPS) is 13.6. The highest BCUT2D eigenvalue weighted by Gasteiger charge is 2.35. The van der Waals surface area contributed by atoms with Gasteiger partial charge in [-0.15, -0.1) is 0 Å². The number of carbonyl (C=O) groups excluding carboxylic acids is 2. The van der Waals surface area contributed by atoms with Gasteiger partial charge in [-0.05, 0) is 41.5 Å². The smallest absolute Gasteiger partial charge is 0.283 e. The van der Waals surface area contributed by atoms with E-state index in [-0.39, 0.29) is 17.4 Å². The summed E-state index contributed by atoms with van der Waals surface area (Å²) in [5, 5.41) is 15.3. The Balaban J connectivity index is 1.48. The average molecular weight is 480 g/mol. The first-order valence-corrected chi connectivity index (χ1v) is 11.4. The minimum Gasteiger partial charge on any atom is -0.505 e. The number of aromatic hydroxyl groups is 1. The number of para-hydroxylation sites is 2. The van der Waals surface area contributed by atoms with Crippen LogP contribution in [0.4, 0.5) is 21.5 Å². The number of nitrogens with zero attached hydrogens (tertiary/aromatic N) is 2. The standard InChI is InChI=1S/C29H22FN3O3/c30-16-15-19-11-13-22(14-12-19)33-26-10-2-1-7-24(26)27(29(33)36)32-31-25-9-4-8-23(28(25)35)21-6-3-5-20(17-21)18-34/h1-14,17-18,31,35H,15-16H2/b32-27-. The first-order valence-electron chi connectivity index (χ1n) is 11.4. The quantitative estimate of drug-likeness (QED) is 0.197. The molecule has 36 heavy (non-hydrogen) atoms. The molecular formula is C29H22FN3O3. The van der Waals surface area contributed by atoms with Gasteiger partial charge in [0.25, 0.3) is 5.91 Å². The van der Waals surface area contributed by atoms with E-state index >= 15 is 0 Å². The van der Waals surface area contributed by atoms with E-state index in [9.17, 15) is 19.1 Å². The number of amides is 1. The number of phenols is 1. The molecule has 1 amide bonds. The van der Waals surface area contributed by atoms with Gasteiger partial charge in [-0.1, -0.05) is 60.7 Å². The molecule has 4 aromatic carbocycles. The van der Waals surface area contributed by atoms with Crippen molar-refractivity contribution >= 4 is 35.0 Å². The van der Waals surface area contributed by atoms with Crippen molar-refractivity contribution < 1.29 is 19.1 Å².